The third-order valence-electron chi connectivity index (χ3n) is 2.07. The zero-order valence-electron chi connectivity index (χ0n) is 7.46. The number of halogens is 2. The third kappa shape index (κ3) is 2.01. The van der Waals surface area contributed by atoms with Crippen LogP contribution in [0.3, 0.4) is 0 Å². The summed E-state index contributed by atoms with van der Waals surface area (Å²) in [4.78, 5) is 3.35. The van der Waals surface area contributed by atoms with Gasteiger partial charge in [-0.25, -0.2) is 8.78 Å². The van der Waals surface area contributed by atoms with E-state index in [-0.39, 0.29) is 5.56 Å². The Kier molecular flexibility index (Phi) is 2.93. The molecule has 2 nitrogen and oxygen atoms in total. The molecule has 0 bridgehead atoms. The summed E-state index contributed by atoms with van der Waals surface area (Å²) in [7, 11) is 0. The van der Waals surface area contributed by atoms with Gasteiger partial charge in [0.25, 0.3) is 0 Å². The topological polar surface area (TPSA) is 33.1 Å². The summed E-state index contributed by atoms with van der Waals surface area (Å²) in [6.45, 7) is 3.05. The van der Waals surface area contributed by atoms with Gasteiger partial charge in [0.15, 0.2) is 0 Å². The fourth-order valence-corrected chi connectivity index (χ4v) is 1.10. The number of hydrogen-bond acceptors (Lipinski definition) is 2. The number of aromatic nitrogens is 1. The normalized spacial score (nSPS) is 15.5. The standard InChI is InChI=1S/C9H11F2NO/c1-5(6(2)13)9-7(10)3-12-4-8(9)11/h3-6,13H,1-2H3. The predicted molar refractivity (Wildman–Crippen MR) is 44.2 cm³/mol. The molecule has 0 saturated carbocycles. The van der Waals surface area contributed by atoms with E-state index in [1.165, 1.54) is 6.92 Å². The van der Waals surface area contributed by atoms with E-state index < -0.39 is 23.7 Å². The minimum absolute atomic E-state index is 0.106. The van der Waals surface area contributed by atoms with E-state index in [0.717, 1.165) is 12.4 Å². The highest BCUT2D eigenvalue weighted by atomic mass is 19.1. The molecule has 0 saturated heterocycles. The zero-order valence-corrected chi connectivity index (χ0v) is 7.46. The van der Waals surface area contributed by atoms with Crippen molar-refractivity contribution in [2.45, 2.75) is 25.9 Å². The van der Waals surface area contributed by atoms with Crippen molar-refractivity contribution in [2.75, 3.05) is 0 Å². The minimum Gasteiger partial charge on any atom is -0.393 e. The fraction of sp³-hybridized carbons (Fsp3) is 0.444. The number of pyridine rings is 1. The van der Waals surface area contributed by atoms with Gasteiger partial charge in [-0.15, -0.1) is 0 Å². The van der Waals surface area contributed by atoms with Crippen LogP contribution in [-0.2, 0) is 0 Å². The lowest BCUT2D eigenvalue weighted by molar-refractivity contribution is 0.165. The van der Waals surface area contributed by atoms with Crippen LogP contribution in [0, 0.1) is 11.6 Å². The highest BCUT2D eigenvalue weighted by Gasteiger charge is 2.20. The molecule has 72 valence electrons. The van der Waals surface area contributed by atoms with Crippen molar-refractivity contribution >= 4 is 0 Å². The molecular weight excluding hydrogens is 176 g/mol. The lowest BCUT2D eigenvalue weighted by Crippen LogP contribution is -2.14. The van der Waals surface area contributed by atoms with E-state index in [4.69, 9.17) is 5.11 Å². The molecule has 13 heavy (non-hydrogen) atoms. The Morgan fingerprint density at radius 1 is 1.23 bits per heavy atom. The van der Waals surface area contributed by atoms with Gasteiger partial charge in [0, 0.05) is 11.5 Å². The number of hydrogen-bond donors (Lipinski definition) is 1. The van der Waals surface area contributed by atoms with Gasteiger partial charge < -0.3 is 5.11 Å². The number of rotatable bonds is 2. The number of nitrogens with zero attached hydrogens (tertiary/aromatic N) is 1. The van der Waals surface area contributed by atoms with Gasteiger partial charge in [-0.2, -0.15) is 0 Å². The maximum atomic E-state index is 13.0. The highest BCUT2D eigenvalue weighted by molar-refractivity contribution is 5.20. The van der Waals surface area contributed by atoms with Crippen LogP contribution < -0.4 is 0 Å². The molecular formula is C9H11F2NO. The third-order valence-corrected chi connectivity index (χ3v) is 2.07. The van der Waals surface area contributed by atoms with E-state index in [1.54, 1.807) is 6.92 Å². The van der Waals surface area contributed by atoms with Crippen molar-refractivity contribution in [2.24, 2.45) is 0 Å². The smallest absolute Gasteiger partial charge is 0.147 e. The summed E-state index contributed by atoms with van der Waals surface area (Å²) >= 11 is 0. The second-order valence-electron chi connectivity index (χ2n) is 3.05. The molecule has 0 aliphatic heterocycles. The van der Waals surface area contributed by atoms with Crippen LogP contribution >= 0.6 is 0 Å². The summed E-state index contributed by atoms with van der Waals surface area (Å²) in [5.74, 6) is -2.00. The van der Waals surface area contributed by atoms with Crippen LogP contribution in [0.2, 0.25) is 0 Å². The Bertz CT molecular complexity index is 281. The largest absolute Gasteiger partial charge is 0.393 e. The molecule has 0 spiro atoms. The van der Waals surface area contributed by atoms with E-state index in [2.05, 4.69) is 4.98 Å². The van der Waals surface area contributed by atoms with Gasteiger partial charge >= 0.3 is 0 Å². The fourth-order valence-electron chi connectivity index (χ4n) is 1.10. The first-order valence-electron chi connectivity index (χ1n) is 4.01. The van der Waals surface area contributed by atoms with Crippen LogP contribution in [-0.4, -0.2) is 16.2 Å². The van der Waals surface area contributed by atoms with E-state index >= 15 is 0 Å². The Morgan fingerprint density at radius 3 is 2.08 bits per heavy atom. The predicted octanol–water partition coefficient (Wildman–Crippen LogP) is 1.84. The molecule has 0 aromatic carbocycles. The quantitative estimate of drug-likeness (QED) is 0.766. The van der Waals surface area contributed by atoms with E-state index in [0.29, 0.717) is 0 Å². The second-order valence-corrected chi connectivity index (χ2v) is 3.05. The lowest BCUT2D eigenvalue weighted by atomic mass is 9.96. The monoisotopic (exact) mass is 187 g/mol. The molecule has 0 aliphatic rings. The molecule has 2 atom stereocenters. The Morgan fingerprint density at radius 2 is 1.69 bits per heavy atom. The molecule has 1 aromatic rings. The summed E-state index contributed by atoms with van der Waals surface area (Å²) in [5, 5.41) is 9.17. The Hall–Kier alpha value is -1.03. The first-order chi connectivity index (χ1) is 6.04. The van der Waals surface area contributed by atoms with E-state index in [1.807, 2.05) is 0 Å². The summed E-state index contributed by atoms with van der Waals surface area (Å²) < 4.78 is 26.1. The van der Waals surface area contributed by atoms with E-state index in [9.17, 15) is 8.78 Å². The molecule has 0 amide bonds. The van der Waals surface area contributed by atoms with Gasteiger partial charge in [0.2, 0.25) is 0 Å². The number of aliphatic hydroxyl groups excluding tert-OH is 1. The van der Waals surface area contributed by atoms with Crippen LogP contribution in [0.4, 0.5) is 8.78 Å². The molecule has 0 aliphatic carbocycles. The molecule has 4 heteroatoms. The Labute approximate surface area is 75.2 Å². The molecule has 1 heterocycles. The van der Waals surface area contributed by atoms with Gasteiger partial charge in [-0.1, -0.05) is 6.92 Å². The van der Waals surface area contributed by atoms with Crippen LogP contribution in [0.15, 0.2) is 12.4 Å². The van der Waals surface area contributed by atoms with Crippen LogP contribution in [0.25, 0.3) is 0 Å². The van der Waals surface area contributed by atoms with Crippen LogP contribution in [0.5, 0.6) is 0 Å². The molecule has 0 radical (unpaired) electrons. The van der Waals surface area contributed by atoms with Gasteiger partial charge in [-0.05, 0) is 6.92 Å². The van der Waals surface area contributed by atoms with Gasteiger partial charge in [0.05, 0.1) is 18.5 Å². The number of aliphatic hydroxyl groups is 1. The minimum atomic E-state index is -0.786. The average molecular weight is 187 g/mol. The molecule has 1 N–H and O–H groups in total. The summed E-state index contributed by atoms with van der Waals surface area (Å²) in [6, 6.07) is 0. The van der Waals surface area contributed by atoms with Crippen molar-refractivity contribution in [3.8, 4) is 0 Å². The second kappa shape index (κ2) is 3.79. The van der Waals surface area contributed by atoms with Gasteiger partial charge in [0.1, 0.15) is 11.6 Å². The highest BCUT2D eigenvalue weighted by Crippen LogP contribution is 2.23. The maximum Gasteiger partial charge on any atom is 0.147 e. The van der Waals surface area contributed by atoms with Crippen molar-refractivity contribution in [3.05, 3.63) is 29.6 Å². The van der Waals surface area contributed by atoms with Crippen LogP contribution in [0.1, 0.15) is 25.3 Å². The lowest BCUT2D eigenvalue weighted by Gasteiger charge is -2.15. The average Bonchev–Trinajstić information content (AvgIpc) is 2.03. The zero-order chi connectivity index (χ0) is 10.0. The van der Waals surface area contributed by atoms with Crippen molar-refractivity contribution in [1.82, 2.24) is 4.98 Å². The molecule has 0 fully saturated rings. The van der Waals surface area contributed by atoms with Crippen molar-refractivity contribution in [3.63, 3.8) is 0 Å². The summed E-state index contributed by atoms with van der Waals surface area (Å²) in [6.07, 6.45) is 1.10. The van der Waals surface area contributed by atoms with Crippen molar-refractivity contribution < 1.29 is 13.9 Å². The molecule has 1 rings (SSSR count). The molecule has 2 unspecified atom stereocenters. The molecule has 1 aromatic heterocycles. The maximum absolute atomic E-state index is 13.0. The first kappa shape index (κ1) is 10.1. The first-order valence-corrected chi connectivity index (χ1v) is 4.01. The van der Waals surface area contributed by atoms with Crippen molar-refractivity contribution in [1.29, 1.82) is 0 Å². The SMILES string of the molecule is CC(O)C(C)c1c(F)cncc1F. The Balaban J connectivity index is 3.12. The summed E-state index contributed by atoms with van der Waals surface area (Å²) in [5.41, 5.74) is -0.106. The van der Waals surface area contributed by atoms with Gasteiger partial charge in [-0.3, -0.25) is 4.98 Å².